The van der Waals surface area contributed by atoms with E-state index in [0.29, 0.717) is 13.0 Å². The van der Waals surface area contributed by atoms with Gasteiger partial charge in [0.15, 0.2) is 0 Å². The quantitative estimate of drug-likeness (QED) is 0.664. The number of amides is 1. The molecule has 1 aromatic rings. The van der Waals surface area contributed by atoms with Crippen molar-refractivity contribution in [3.63, 3.8) is 0 Å². The van der Waals surface area contributed by atoms with Crippen LogP contribution in [0.15, 0.2) is 30.3 Å². The highest BCUT2D eigenvalue weighted by atomic mass is 16.4. The Hall–Kier alpha value is -1.88. The van der Waals surface area contributed by atoms with E-state index in [1.54, 1.807) is 6.92 Å². The van der Waals surface area contributed by atoms with Crippen molar-refractivity contribution in [1.82, 2.24) is 5.32 Å². The van der Waals surface area contributed by atoms with Gasteiger partial charge in [-0.05, 0) is 25.5 Å². The molecule has 5 nitrogen and oxygen atoms in total. The van der Waals surface area contributed by atoms with E-state index in [-0.39, 0.29) is 5.92 Å². The van der Waals surface area contributed by atoms with Crippen molar-refractivity contribution in [3.8, 4) is 0 Å². The van der Waals surface area contributed by atoms with Crippen LogP contribution in [0, 0.1) is 0 Å². The summed E-state index contributed by atoms with van der Waals surface area (Å²) in [7, 11) is 0. The molecule has 0 saturated carbocycles. The number of benzene rings is 1. The number of hydrogen-bond acceptors (Lipinski definition) is 3. The topological polar surface area (TPSA) is 92.4 Å². The Morgan fingerprint density at radius 3 is 2.44 bits per heavy atom. The van der Waals surface area contributed by atoms with Crippen molar-refractivity contribution in [2.45, 2.75) is 25.3 Å². The zero-order valence-corrected chi connectivity index (χ0v) is 10.3. The van der Waals surface area contributed by atoms with Gasteiger partial charge in [0, 0.05) is 0 Å². The van der Waals surface area contributed by atoms with Gasteiger partial charge in [-0.2, -0.15) is 0 Å². The average molecular weight is 250 g/mol. The molecular weight excluding hydrogens is 232 g/mol. The van der Waals surface area contributed by atoms with Crippen LogP contribution >= 0.6 is 0 Å². The SMILES string of the molecule is CC(NCC[C@H](C(N)=O)c1ccccc1)C(=O)O. The van der Waals surface area contributed by atoms with Crippen LogP contribution in [0.3, 0.4) is 0 Å². The van der Waals surface area contributed by atoms with Crippen LogP contribution in [-0.4, -0.2) is 29.6 Å². The largest absolute Gasteiger partial charge is 0.480 e. The lowest BCUT2D eigenvalue weighted by Crippen LogP contribution is -2.36. The van der Waals surface area contributed by atoms with Crippen LogP contribution in [0.2, 0.25) is 0 Å². The Bertz CT molecular complexity index is 406. The van der Waals surface area contributed by atoms with Crippen LogP contribution < -0.4 is 11.1 Å². The highest BCUT2D eigenvalue weighted by Gasteiger charge is 2.18. The molecule has 0 radical (unpaired) electrons. The standard InChI is InChI=1S/C13H18N2O3/c1-9(13(17)18)15-8-7-11(12(14)16)10-5-3-2-4-6-10/h2-6,9,11,15H,7-8H2,1H3,(H2,14,16)(H,17,18)/t9?,11-/m0/s1. The predicted molar refractivity (Wildman–Crippen MR) is 68.1 cm³/mol. The second-order valence-corrected chi connectivity index (χ2v) is 4.17. The molecule has 0 aromatic heterocycles. The number of rotatable bonds is 7. The molecule has 0 aliphatic carbocycles. The van der Waals surface area contributed by atoms with E-state index in [1.807, 2.05) is 30.3 Å². The molecule has 0 spiro atoms. The maximum absolute atomic E-state index is 11.4. The number of carbonyl (C=O) groups is 2. The van der Waals surface area contributed by atoms with Gasteiger partial charge in [0.2, 0.25) is 5.91 Å². The minimum absolute atomic E-state index is 0.389. The minimum atomic E-state index is -0.912. The van der Waals surface area contributed by atoms with Gasteiger partial charge >= 0.3 is 5.97 Å². The number of carbonyl (C=O) groups excluding carboxylic acids is 1. The molecule has 1 unspecified atom stereocenters. The second-order valence-electron chi connectivity index (χ2n) is 4.17. The molecule has 5 heteroatoms. The van der Waals surface area contributed by atoms with Crippen molar-refractivity contribution in [2.75, 3.05) is 6.54 Å². The summed E-state index contributed by atoms with van der Waals surface area (Å²) in [6.45, 7) is 1.99. The number of primary amides is 1. The summed E-state index contributed by atoms with van der Waals surface area (Å²) in [5.74, 6) is -1.70. The molecule has 1 rings (SSSR count). The van der Waals surface area contributed by atoms with Crippen molar-refractivity contribution in [1.29, 1.82) is 0 Å². The smallest absolute Gasteiger partial charge is 0.320 e. The summed E-state index contributed by atoms with van der Waals surface area (Å²) in [5, 5.41) is 11.5. The molecular formula is C13H18N2O3. The Morgan fingerprint density at radius 2 is 1.94 bits per heavy atom. The van der Waals surface area contributed by atoms with Gasteiger partial charge in [0.05, 0.1) is 5.92 Å². The van der Waals surface area contributed by atoms with Gasteiger partial charge in [0.1, 0.15) is 6.04 Å². The summed E-state index contributed by atoms with van der Waals surface area (Å²) >= 11 is 0. The molecule has 0 aliphatic heterocycles. The molecule has 0 saturated heterocycles. The summed E-state index contributed by atoms with van der Waals surface area (Å²) in [5.41, 5.74) is 6.22. The van der Waals surface area contributed by atoms with Crippen LogP contribution in [0.5, 0.6) is 0 Å². The van der Waals surface area contributed by atoms with E-state index in [9.17, 15) is 9.59 Å². The van der Waals surface area contributed by atoms with E-state index < -0.39 is 17.9 Å². The van der Waals surface area contributed by atoms with Gasteiger partial charge in [0.25, 0.3) is 0 Å². The van der Waals surface area contributed by atoms with Gasteiger partial charge in [-0.25, -0.2) is 0 Å². The molecule has 98 valence electrons. The molecule has 0 aliphatic rings. The third kappa shape index (κ3) is 4.18. The first-order valence-corrected chi connectivity index (χ1v) is 5.83. The van der Waals surface area contributed by atoms with E-state index in [2.05, 4.69) is 5.32 Å². The lowest BCUT2D eigenvalue weighted by molar-refractivity contribution is -0.138. The molecule has 1 amide bonds. The molecule has 0 heterocycles. The van der Waals surface area contributed by atoms with E-state index in [4.69, 9.17) is 10.8 Å². The summed E-state index contributed by atoms with van der Waals surface area (Å²) in [4.78, 5) is 22.0. The Kier molecular flexibility index (Phi) is 5.32. The number of hydrogen-bond donors (Lipinski definition) is 3. The average Bonchev–Trinajstić information content (AvgIpc) is 2.34. The maximum Gasteiger partial charge on any atom is 0.320 e. The predicted octanol–water partition coefficient (Wildman–Crippen LogP) is 0.708. The first-order chi connectivity index (χ1) is 8.52. The van der Waals surface area contributed by atoms with E-state index in [0.717, 1.165) is 5.56 Å². The van der Waals surface area contributed by atoms with Crippen molar-refractivity contribution in [3.05, 3.63) is 35.9 Å². The van der Waals surface area contributed by atoms with Crippen LogP contribution in [0.4, 0.5) is 0 Å². The highest BCUT2D eigenvalue weighted by Crippen LogP contribution is 2.18. The molecule has 18 heavy (non-hydrogen) atoms. The number of nitrogens with two attached hydrogens (primary N) is 1. The first kappa shape index (κ1) is 14.2. The molecule has 1 aromatic carbocycles. The third-order valence-electron chi connectivity index (χ3n) is 2.80. The number of aliphatic carboxylic acids is 1. The third-order valence-corrected chi connectivity index (χ3v) is 2.80. The first-order valence-electron chi connectivity index (χ1n) is 5.83. The highest BCUT2D eigenvalue weighted by molar-refractivity contribution is 5.81. The molecule has 0 fully saturated rings. The van der Waals surface area contributed by atoms with Crippen LogP contribution in [0.1, 0.15) is 24.8 Å². The molecule has 4 N–H and O–H groups in total. The fourth-order valence-electron chi connectivity index (χ4n) is 1.69. The summed E-state index contributed by atoms with van der Waals surface area (Å²) in [6, 6.07) is 8.62. The Labute approximate surface area is 106 Å². The fraction of sp³-hybridized carbons (Fsp3) is 0.385. The molecule has 2 atom stereocenters. The van der Waals surface area contributed by atoms with Crippen molar-refractivity contribution in [2.24, 2.45) is 5.73 Å². The lowest BCUT2D eigenvalue weighted by atomic mass is 9.95. The normalized spacial score (nSPS) is 13.8. The second kappa shape index (κ2) is 6.76. The zero-order chi connectivity index (χ0) is 13.5. The molecule has 0 bridgehead atoms. The van der Waals surface area contributed by atoms with Crippen LogP contribution in [0.25, 0.3) is 0 Å². The fourth-order valence-corrected chi connectivity index (χ4v) is 1.69. The lowest BCUT2D eigenvalue weighted by Gasteiger charge is -2.15. The monoisotopic (exact) mass is 250 g/mol. The summed E-state index contributed by atoms with van der Waals surface area (Å²) < 4.78 is 0. The summed E-state index contributed by atoms with van der Waals surface area (Å²) in [6.07, 6.45) is 0.483. The van der Waals surface area contributed by atoms with Crippen LogP contribution in [-0.2, 0) is 9.59 Å². The van der Waals surface area contributed by atoms with Gasteiger partial charge < -0.3 is 16.2 Å². The van der Waals surface area contributed by atoms with E-state index >= 15 is 0 Å². The minimum Gasteiger partial charge on any atom is -0.480 e. The Morgan fingerprint density at radius 1 is 1.33 bits per heavy atom. The Balaban J connectivity index is 2.55. The number of carboxylic acid groups (broad SMARTS) is 1. The van der Waals surface area contributed by atoms with Gasteiger partial charge in [-0.15, -0.1) is 0 Å². The maximum atomic E-state index is 11.4. The zero-order valence-electron chi connectivity index (χ0n) is 10.3. The van der Waals surface area contributed by atoms with Gasteiger partial charge in [-0.3, -0.25) is 9.59 Å². The van der Waals surface area contributed by atoms with E-state index in [1.165, 1.54) is 0 Å². The van der Waals surface area contributed by atoms with Gasteiger partial charge in [-0.1, -0.05) is 30.3 Å². The number of nitrogens with one attached hydrogen (secondary N) is 1. The van der Waals surface area contributed by atoms with Crippen molar-refractivity contribution < 1.29 is 14.7 Å². The number of carboxylic acids is 1. The van der Waals surface area contributed by atoms with Crippen molar-refractivity contribution >= 4 is 11.9 Å².